The maximum atomic E-state index is 11.5. The normalized spacial score (nSPS) is 18.8. The largest absolute Gasteiger partial charge is 0.298 e. The van der Waals surface area contributed by atoms with E-state index in [4.69, 9.17) is 4.98 Å². The quantitative estimate of drug-likeness (QED) is 0.701. The lowest BCUT2D eigenvalue weighted by atomic mass is 10.1. The van der Waals surface area contributed by atoms with Gasteiger partial charge in [0.1, 0.15) is 0 Å². The zero-order valence-electron chi connectivity index (χ0n) is 14.1. The third-order valence-corrected chi connectivity index (χ3v) is 7.02. The Morgan fingerprint density at radius 3 is 2.64 bits per heavy atom. The number of fused-ring (bicyclic) bond motifs is 1. The van der Waals surface area contributed by atoms with Crippen LogP contribution in [0.15, 0.2) is 53.4 Å². The van der Waals surface area contributed by atoms with Gasteiger partial charge < -0.3 is 0 Å². The molecule has 0 unspecified atom stereocenters. The van der Waals surface area contributed by atoms with Crippen LogP contribution in [0.2, 0.25) is 0 Å². The van der Waals surface area contributed by atoms with E-state index in [1.54, 1.807) is 23.5 Å². The number of nitrogens with zero attached hydrogens (tertiary/aromatic N) is 2. The summed E-state index contributed by atoms with van der Waals surface area (Å²) >= 11 is 1.80. The summed E-state index contributed by atoms with van der Waals surface area (Å²) in [5.41, 5.74) is 2.25. The third-order valence-electron chi connectivity index (χ3n) is 4.69. The second-order valence-electron chi connectivity index (χ2n) is 6.66. The zero-order valence-corrected chi connectivity index (χ0v) is 15.7. The highest BCUT2D eigenvalue weighted by Gasteiger charge is 2.26. The number of likely N-dealkylation sites (tertiary alicyclic amines) is 1. The molecular formula is C19H20N2O2S2. The fourth-order valence-corrected chi connectivity index (χ4v) is 5.07. The lowest BCUT2D eigenvalue weighted by Gasteiger charge is -2.15. The summed E-state index contributed by atoms with van der Waals surface area (Å²) in [5.74, 6) is 0.493. The average molecular weight is 373 g/mol. The standard InChI is InChI=1S/C19H20N2O2S2/c1-25(22,23)16-8-6-14(7-9-16)12-21-11-10-15(13-21)19-20-17-4-2-3-5-18(17)24-19/h2-9,15H,10-13H2,1H3/t15-/m0/s1. The molecule has 6 heteroatoms. The molecule has 1 aliphatic rings. The van der Waals surface area contributed by atoms with Crippen LogP contribution in [0.4, 0.5) is 0 Å². The predicted molar refractivity (Wildman–Crippen MR) is 102 cm³/mol. The van der Waals surface area contributed by atoms with Gasteiger partial charge in [-0.15, -0.1) is 11.3 Å². The Hall–Kier alpha value is -1.76. The third kappa shape index (κ3) is 3.61. The van der Waals surface area contributed by atoms with E-state index >= 15 is 0 Å². The van der Waals surface area contributed by atoms with Crippen LogP contribution in [-0.2, 0) is 16.4 Å². The molecule has 2 heterocycles. The Balaban J connectivity index is 1.44. The van der Waals surface area contributed by atoms with Crippen molar-refractivity contribution in [1.29, 1.82) is 0 Å². The molecule has 1 aromatic heterocycles. The smallest absolute Gasteiger partial charge is 0.175 e. The van der Waals surface area contributed by atoms with Gasteiger partial charge in [0, 0.05) is 25.3 Å². The van der Waals surface area contributed by atoms with Crippen molar-refractivity contribution in [2.75, 3.05) is 19.3 Å². The predicted octanol–water partition coefficient (Wildman–Crippen LogP) is 3.69. The Kier molecular flexibility index (Phi) is 4.35. The maximum absolute atomic E-state index is 11.5. The molecule has 4 nitrogen and oxygen atoms in total. The zero-order chi connectivity index (χ0) is 17.4. The van der Waals surface area contributed by atoms with Gasteiger partial charge >= 0.3 is 0 Å². The number of para-hydroxylation sites is 1. The second kappa shape index (κ2) is 6.52. The molecule has 130 valence electrons. The molecule has 1 atom stereocenters. The van der Waals surface area contributed by atoms with Crippen LogP contribution in [0.25, 0.3) is 10.2 Å². The Bertz CT molecular complexity index is 961. The molecule has 0 amide bonds. The molecule has 0 aliphatic carbocycles. The van der Waals surface area contributed by atoms with Gasteiger partial charge in [0.2, 0.25) is 0 Å². The Morgan fingerprint density at radius 1 is 1.16 bits per heavy atom. The molecule has 0 radical (unpaired) electrons. The minimum Gasteiger partial charge on any atom is -0.298 e. The first kappa shape index (κ1) is 16.7. The number of hydrogen-bond donors (Lipinski definition) is 0. The van der Waals surface area contributed by atoms with Gasteiger partial charge in [-0.2, -0.15) is 0 Å². The Labute approximate surface area is 152 Å². The van der Waals surface area contributed by atoms with Crippen LogP contribution in [0.5, 0.6) is 0 Å². The van der Waals surface area contributed by atoms with Crippen LogP contribution >= 0.6 is 11.3 Å². The minimum absolute atomic E-state index is 0.380. The number of rotatable bonds is 4. The molecule has 25 heavy (non-hydrogen) atoms. The van der Waals surface area contributed by atoms with Crippen molar-refractivity contribution < 1.29 is 8.42 Å². The summed E-state index contributed by atoms with van der Waals surface area (Å²) in [6.45, 7) is 2.91. The van der Waals surface area contributed by atoms with Crippen molar-refractivity contribution in [3.63, 3.8) is 0 Å². The first-order valence-electron chi connectivity index (χ1n) is 8.36. The van der Waals surface area contributed by atoms with Crippen LogP contribution in [0, 0.1) is 0 Å². The topological polar surface area (TPSA) is 50.3 Å². The van der Waals surface area contributed by atoms with Gasteiger partial charge in [-0.25, -0.2) is 13.4 Å². The van der Waals surface area contributed by atoms with Crippen molar-refractivity contribution in [2.24, 2.45) is 0 Å². The summed E-state index contributed by atoms with van der Waals surface area (Å²) in [4.78, 5) is 7.60. The van der Waals surface area contributed by atoms with Crippen molar-refractivity contribution in [3.8, 4) is 0 Å². The number of thiazole rings is 1. The van der Waals surface area contributed by atoms with Crippen molar-refractivity contribution in [3.05, 3.63) is 59.1 Å². The fourth-order valence-electron chi connectivity index (χ4n) is 3.34. The van der Waals surface area contributed by atoms with E-state index in [2.05, 4.69) is 23.1 Å². The van der Waals surface area contributed by atoms with Gasteiger partial charge in [0.05, 0.1) is 20.1 Å². The summed E-state index contributed by atoms with van der Waals surface area (Å²) in [5, 5.41) is 1.23. The van der Waals surface area contributed by atoms with E-state index in [9.17, 15) is 8.42 Å². The summed E-state index contributed by atoms with van der Waals surface area (Å²) in [7, 11) is -3.12. The van der Waals surface area contributed by atoms with Crippen molar-refractivity contribution >= 4 is 31.4 Å². The fraction of sp³-hybridized carbons (Fsp3) is 0.316. The average Bonchev–Trinajstić information content (AvgIpc) is 3.20. The van der Waals surface area contributed by atoms with Crippen LogP contribution < -0.4 is 0 Å². The lowest BCUT2D eigenvalue weighted by molar-refractivity contribution is 0.327. The van der Waals surface area contributed by atoms with Gasteiger partial charge in [0.15, 0.2) is 9.84 Å². The Morgan fingerprint density at radius 2 is 1.92 bits per heavy atom. The second-order valence-corrected chi connectivity index (χ2v) is 9.73. The molecule has 1 fully saturated rings. The van der Waals surface area contributed by atoms with Crippen LogP contribution in [0.3, 0.4) is 0 Å². The monoisotopic (exact) mass is 372 g/mol. The number of hydrogen-bond acceptors (Lipinski definition) is 5. The maximum Gasteiger partial charge on any atom is 0.175 e. The first-order chi connectivity index (χ1) is 12.0. The molecule has 4 rings (SSSR count). The molecule has 0 spiro atoms. The summed E-state index contributed by atoms with van der Waals surface area (Å²) in [6, 6.07) is 15.5. The van der Waals surface area contributed by atoms with Gasteiger partial charge in [-0.05, 0) is 42.8 Å². The molecule has 1 saturated heterocycles. The highest BCUT2D eigenvalue weighted by atomic mass is 32.2. The number of sulfone groups is 1. The van der Waals surface area contributed by atoms with E-state index in [1.807, 2.05) is 18.2 Å². The molecule has 0 N–H and O–H groups in total. The van der Waals surface area contributed by atoms with E-state index in [0.29, 0.717) is 10.8 Å². The summed E-state index contributed by atoms with van der Waals surface area (Å²) in [6.07, 6.45) is 2.37. The number of aromatic nitrogens is 1. The van der Waals surface area contributed by atoms with E-state index in [-0.39, 0.29) is 0 Å². The molecular weight excluding hydrogens is 352 g/mol. The summed E-state index contributed by atoms with van der Waals surface area (Å²) < 4.78 is 24.3. The van der Waals surface area contributed by atoms with E-state index < -0.39 is 9.84 Å². The molecule has 0 saturated carbocycles. The van der Waals surface area contributed by atoms with Gasteiger partial charge in [-0.1, -0.05) is 24.3 Å². The van der Waals surface area contributed by atoms with Crippen LogP contribution in [0.1, 0.15) is 22.9 Å². The molecule has 2 aromatic carbocycles. The minimum atomic E-state index is -3.12. The van der Waals surface area contributed by atoms with E-state index in [0.717, 1.165) is 37.1 Å². The van der Waals surface area contributed by atoms with Gasteiger partial charge in [-0.3, -0.25) is 4.90 Å². The van der Waals surface area contributed by atoms with Crippen LogP contribution in [-0.4, -0.2) is 37.6 Å². The molecule has 0 bridgehead atoms. The number of benzene rings is 2. The highest BCUT2D eigenvalue weighted by molar-refractivity contribution is 7.90. The van der Waals surface area contributed by atoms with Gasteiger partial charge in [0.25, 0.3) is 0 Å². The van der Waals surface area contributed by atoms with Crippen molar-refractivity contribution in [1.82, 2.24) is 9.88 Å². The first-order valence-corrected chi connectivity index (χ1v) is 11.1. The molecule has 3 aromatic rings. The van der Waals surface area contributed by atoms with E-state index in [1.165, 1.54) is 16.0 Å². The lowest BCUT2D eigenvalue weighted by Crippen LogP contribution is -2.19. The van der Waals surface area contributed by atoms with Crippen molar-refractivity contribution in [2.45, 2.75) is 23.8 Å². The molecule has 1 aliphatic heterocycles. The SMILES string of the molecule is CS(=O)(=O)c1ccc(CN2CC[C@H](c3nc4ccccc4s3)C2)cc1. The highest BCUT2D eigenvalue weighted by Crippen LogP contribution is 2.33.